The number of alkyl halides is 1. The van der Waals surface area contributed by atoms with Crippen molar-refractivity contribution in [2.45, 2.75) is 37.3 Å². The van der Waals surface area contributed by atoms with Crippen LogP contribution in [0, 0.1) is 11.7 Å². The first kappa shape index (κ1) is 14.0. The third-order valence-electron chi connectivity index (χ3n) is 4.45. The fourth-order valence-corrected chi connectivity index (χ4v) is 3.88. The fraction of sp³-hybridized carbons (Fsp3) is 0.533. The maximum atomic E-state index is 13.7. The summed E-state index contributed by atoms with van der Waals surface area (Å²) in [5.41, 5.74) is 1.59. The smallest absolute Gasteiger partial charge is 0.139 e. The highest BCUT2D eigenvalue weighted by molar-refractivity contribution is 9.10. The van der Waals surface area contributed by atoms with Crippen LogP contribution in [0.3, 0.4) is 0 Å². The van der Waals surface area contributed by atoms with Crippen LogP contribution in [0.1, 0.15) is 31.1 Å². The van der Waals surface area contributed by atoms with Crippen LogP contribution in [-0.2, 0) is 10.6 Å². The molecule has 1 aromatic heterocycles. The van der Waals surface area contributed by atoms with Gasteiger partial charge in [-0.3, -0.25) is 0 Å². The molecular weight excluding hydrogens is 359 g/mol. The van der Waals surface area contributed by atoms with E-state index in [1.807, 2.05) is 0 Å². The molecule has 0 radical (unpaired) electrons. The van der Waals surface area contributed by atoms with Gasteiger partial charge in [0.2, 0.25) is 0 Å². The van der Waals surface area contributed by atoms with Crippen molar-refractivity contribution in [2.75, 3.05) is 6.61 Å². The molecule has 3 nitrogen and oxygen atoms in total. The first-order valence-electron chi connectivity index (χ1n) is 7.22. The van der Waals surface area contributed by atoms with Gasteiger partial charge in [-0.2, -0.15) is 0 Å². The molecule has 21 heavy (non-hydrogen) atoms. The van der Waals surface area contributed by atoms with E-state index in [0.29, 0.717) is 21.8 Å². The Morgan fingerprint density at radius 3 is 2.90 bits per heavy atom. The second-order valence-corrected chi connectivity index (χ2v) is 6.94. The lowest BCUT2D eigenvalue weighted by Crippen LogP contribution is -2.23. The Morgan fingerprint density at radius 1 is 1.38 bits per heavy atom. The van der Waals surface area contributed by atoms with Gasteiger partial charge in [0, 0.05) is 12.7 Å². The molecule has 2 aromatic rings. The summed E-state index contributed by atoms with van der Waals surface area (Å²) in [7, 11) is 0. The minimum absolute atomic E-state index is 0.244. The Bertz CT molecular complexity index is 701. The Labute approximate surface area is 135 Å². The predicted octanol–water partition coefficient (Wildman–Crippen LogP) is 4.42. The summed E-state index contributed by atoms with van der Waals surface area (Å²) in [5.74, 6) is 1.48. The molecule has 2 fully saturated rings. The maximum absolute atomic E-state index is 13.7. The number of hydrogen-bond acceptors (Lipinski definition) is 2. The van der Waals surface area contributed by atoms with E-state index < -0.39 is 0 Å². The van der Waals surface area contributed by atoms with Crippen molar-refractivity contribution >= 4 is 38.6 Å². The summed E-state index contributed by atoms with van der Waals surface area (Å²) in [5, 5.41) is 0. The normalized spacial score (nSPS) is 25.9. The van der Waals surface area contributed by atoms with E-state index in [0.717, 1.165) is 24.4 Å². The molecule has 2 aliphatic rings. The largest absolute Gasteiger partial charge is 0.376 e. The van der Waals surface area contributed by atoms with Crippen LogP contribution < -0.4 is 0 Å². The Kier molecular flexibility index (Phi) is 3.47. The van der Waals surface area contributed by atoms with E-state index in [1.165, 1.54) is 18.9 Å². The zero-order chi connectivity index (χ0) is 14.6. The first-order valence-corrected chi connectivity index (χ1v) is 8.55. The molecule has 1 saturated carbocycles. The topological polar surface area (TPSA) is 27.1 Å². The van der Waals surface area contributed by atoms with Gasteiger partial charge in [-0.25, -0.2) is 9.37 Å². The summed E-state index contributed by atoms with van der Waals surface area (Å²) in [4.78, 5) is 4.51. The summed E-state index contributed by atoms with van der Waals surface area (Å²) >= 11 is 9.34. The number of rotatable bonds is 3. The van der Waals surface area contributed by atoms with Gasteiger partial charge in [0.1, 0.15) is 11.6 Å². The lowest BCUT2D eigenvalue weighted by Gasteiger charge is -2.22. The standard InChI is InChI=1S/C15H15BrClFN2O/c16-9-5-13-11(6-10(9)18)19-14(7-17)20(13)12-3-4-21-15(12)8-1-2-8/h5-6,8,12,15H,1-4,7H2. The molecule has 1 aromatic carbocycles. The monoisotopic (exact) mass is 372 g/mol. The zero-order valence-electron chi connectivity index (χ0n) is 11.4. The quantitative estimate of drug-likeness (QED) is 0.745. The first-order chi connectivity index (χ1) is 10.2. The van der Waals surface area contributed by atoms with Gasteiger partial charge >= 0.3 is 0 Å². The van der Waals surface area contributed by atoms with Gasteiger partial charge in [-0.1, -0.05) is 0 Å². The van der Waals surface area contributed by atoms with E-state index in [9.17, 15) is 4.39 Å². The minimum atomic E-state index is -0.297. The summed E-state index contributed by atoms with van der Waals surface area (Å²) in [6.07, 6.45) is 3.68. The van der Waals surface area contributed by atoms with Crippen molar-refractivity contribution < 1.29 is 9.13 Å². The molecular formula is C15H15BrClFN2O. The minimum Gasteiger partial charge on any atom is -0.376 e. The van der Waals surface area contributed by atoms with Gasteiger partial charge in [-0.05, 0) is 47.2 Å². The lowest BCUT2D eigenvalue weighted by atomic mass is 10.1. The SMILES string of the molecule is Fc1cc2nc(CCl)n(C3CCOC3C3CC3)c2cc1Br. The van der Waals surface area contributed by atoms with Crippen LogP contribution in [0.5, 0.6) is 0 Å². The highest BCUT2D eigenvalue weighted by atomic mass is 79.9. The van der Waals surface area contributed by atoms with Crippen molar-refractivity contribution in [2.24, 2.45) is 5.92 Å². The van der Waals surface area contributed by atoms with E-state index in [-0.39, 0.29) is 18.0 Å². The van der Waals surface area contributed by atoms with Crippen LogP contribution in [0.2, 0.25) is 0 Å². The summed E-state index contributed by atoms with van der Waals surface area (Å²) in [6, 6.07) is 3.53. The van der Waals surface area contributed by atoms with Gasteiger partial charge in [0.05, 0.1) is 33.5 Å². The molecule has 0 spiro atoms. The molecule has 1 aliphatic heterocycles. The molecule has 2 heterocycles. The zero-order valence-corrected chi connectivity index (χ0v) is 13.7. The molecule has 2 atom stereocenters. The van der Waals surface area contributed by atoms with Crippen LogP contribution in [0.15, 0.2) is 16.6 Å². The number of benzene rings is 1. The number of hydrogen-bond donors (Lipinski definition) is 0. The molecule has 0 bridgehead atoms. The van der Waals surface area contributed by atoms with Gasteiger partial charge < -0.3 is 9.30 Å². The van der Waals surface area contributed by atoms with E-state index in [1.54, 1.807) is 6.07 Å². The Morgan fingerprint density at radius 2 is 2.19 bits per heavy atom. The molecule has 112 valence electrons. The molecule has 4 rings (SSSR count). The molecule has 1 saturated heterocycles. The number of fused-ring (bicyclic) bond motifs is 1. The number of aromatic nitrogens is 2. The fourth-order valence-electron chi connectivity index (χ4n) is 3.36. The van der Waals surface area contributed by atoms with Crippen LogP contribution in [0.4, 0.5) is 4.39 Å². The van der Waals surface area contributed by atoms with Crippen molar-refractivity contribution in [3.05, 3.63) is 28.2 Å². The third kappa shape index (κ3) is 2.30. The van der Waals surface area contributed by atoms with Crippen LogP contribution in [0.25, 0.3) is 11.0 Å². The van der Waals surface area contributed by atoms with Crippen molar-refractivity contribution in [1.82, 2.24) is 9.55 Å². The molecule has 0 amide bonds. The molecule has 6 heteroatoms. The van der Waals surface area contributed by atoms with Gasteiger partial charge in [0.25, 0.3) is 0 Å². The number of halogens is 3. The average molecular weight is 374 g/mol. The maximum Gasteiger partial charge on any atom is 0.139 e. The molecule has 1 aliphatic carbocycles. The lowest BCUT2D eigenvalue weighted by molar-refractivity contribution is 0.0754. The Hall–Kier alpha value is -0.650. The van der Waals surface area contributed by atoms with Crippen molar-refractivity contribution in [3.63, 3.8) is 0 Å². The number of ether oxygens (including phenoxy) is 1. The predicted molar refractivity (Wildman–Crippen MR) is 83.1 cm³/mol. The van der Waals surface area contributed by atoms with Crippen molar-refractivity contribution in [1.29, 1.82) is 0 Å². The summed E-state index contributed by atoms with van der Waals surface area (Å²) in [6.45, 7) is 0.773. The van der Waals surface area contributed by atoms with E-state index in [2.05, 4.69) is 25.5 Å². The van der Waals surface area contributed by atoms with E-state index >= 15 is 0 Å². The number of imidazole rings is 1. The number of nitrogens with zero attached hydrogens (tertiary/aromatic N) is 2. The second kappa shape index (κ2) is 5.21. The molecule has 0 N–H and O–H groups in total. The average Bonchev–Trinajstić information content (AvgIpc) is 3.10. The van der Waals surface area contributed by atoms with Crippen LogP contribution >= 0.6 is 27.5 Å². The summed E-state index contributed by atoms with van der Waals surface area (Å²) < 4.78 is 22.3. The van der Waals surface area contributed by atoms with E-state index in [4.69, 9.17) is 16.3 Å². The van der Waals surface area contributed by atoms with Crippen LogP contribution in [-0.4, -0.2) is 22.3 Å². The van der Waals surface area contributed by atoms with Crippen molar-refractivity contribution in [3.8, 4) is 0 Å². The van der Waals surface area contributed by atoms with Gasteiger partial charge in [0.15, 0.2) is 0 Å². The second-order valence-electron chi connectivity index (χ2n) is 5.82. The molecule has 2 unspecified atom stereocenters. The highest BCUT2D eigenvalue weighted by Gasteiger charge is 2.42. The Balaban J connectivity index is 1.87. The third-order valence-corrected chi connectivity index (χ3v) is 5.29. The highest BCUT2D eigenvalue weighted by Crippen LogP contribution is 2.44. The van der Waals surface area contributed by atoms with Gasteiger partial charge in [-0.15, -0.1) is 11.6 Å².